The second-order valence-corrected chi connectivity index (χ2v) is 2.78. The minimum atomic E-state index is -0.551. The van der Waals surface area contributed by atoms with E-state index < -0.39 is 6.10 Å². The van der Waals surface area contributed by atoms with E-state index in [4.69, 9.17) is 9.47 Å². The molecule has 0 bridgehead atoms. The van der Waals surface area contributed by atoms with Crippen molar-refractivity contribution in [1.82, 2.24) is 0 Å². The Morgan fingerprint density at radius 2 is 1.92 bits per heavy atom. The molecule has 0 fully saturated rings. The second-order valence-electron chi connectivity index (χ2n) is 2.78. The van der Waals surface area contributed by atoms with Crippen LogP contribution in [0.15, 0.2) is 18.2 Å². The zero-order chi connectivity index (χ0) is 9.84. The standard InChI is InChI=1S/C10H14O3/c1-7(11)9-6-8(12-2)4-5-10(9)13-3/h4-7,11H,1-3H3. The third-order valence-corrected chi connectivity index (χ3v) is 1.89. The fraction of sp³-hybridized carbons (Fsp3) is 0.400. The predicted octanol–water partition coefficient (Wildman–Crippen LogP) is 1.76. The SMILES string of the molecule is COc1ccc(OC)c(C(C)O)c1. The Morgan fingerprint density at radius 1 is 1.23 bits per heavy atom. The molecule has 1 atom stereocenters. The van der Waals surface area contributed by atoms with Crippen molar-refractivity contribution < 1.29 is 14.6 Å². The summed E-state index contributed by atoms with van der Waals surface area (Å²) in [5.74, 6) is 1.40. The minimum Gasteiger partial charge on any atom is -0.497 e. The molecule has 3 nitrogen and oxygen atoms in total. The molecule has 0 radical (unpaired) electrons. The summed E-state index contributed by atoms with van der Waals surface area (Å²) in [5.41, 5.74) is 0.738. The maximum Gasteiger partial charge on any atom is 0.124 e. The molecular weight excluding hydrogens is 168 g/mol. The summed E-state index contributed by atoms with van der Waals surface area (Å²) in [7, 11) is 3.17. The molecule has 0 spiro atoms. The van der Waals surface area contributed by atoms with E-state index in [1.165, 1.54) is 0 Å². The van der Waals surface area contributed by atoms with E-state index in [1.54, 1.807) is 39.3 Å². The fourth-order valence-electron chi connectivity index (χ4n) is 1.17. The lowest BCUT2D eigenvalue weighted by atomic mass is 10.1. The van der Waals surface area contributed by atoms with Gasteiger partial charge in [0.2, 0.25) is 0 Å². The van der Waals surface area contributed by atoms with Gasteiger partial charge in [-0.25, -0.2) is 0 Å². The van der Waals surface area contributed by atoms with E-state index >= 15 is 0 Å². The highest BCUT2D eigenvalue weighted by molar-refractivity contribution is 5.41. The Morgan fingerprint density at radius 3 is 2.38 bits per heavy atom. The summed E-state index contributed by atoms with van der Waals surface area (Å²) < 4.78 is 10.1. The molecule has 0 saturated carbocycles. The van der Waals surface area contributed by atoms with Gasteiger partial charge in [-0.05, 0) is 25.1 Å². The number of benzene rings is 1. The summed E-state index contributed by atoms with van der Waals surface area (Å²) in [6.07, 6.45) is -0.551. The third kappa shape index (κ3) is 2.12. The van der Waals surface area contributed by atoms with E-state index in [0.29, 0.717) is 5.75 Å². The van der Waals surface area contributed by atoms with Crippen molar-refractivity contribution in [2.45, 2.75) is 13.0 Å². The normalized spacial score (nSPS) is 12.3. The molecule has 0 amide bonds. The van der Waals surface area contributed by atoms with Crippen molar-refractivity contribution >= 4 is 0 Å². The summed E-state index contributed by atoms with van der Waals surface area (Å²) >= 11 is 0. The van der Waals surface area contributed by atoms with Crippen LogP contribution in [-0.4, -0.2) is 19.3 Å². The highest BCUT2D eigenvalue weighted by Crippen LogP contribution is 2.28. The van der Waals surface area contributed by atoms with Crippen LogP contribution in [0, 0.1) is 0 Å². The van der Waals surface area contributed by atoms with E-state index in [2.05, 4.69) is 0 Å². The molecule has 72 valence electrons. The number of aliphatic hydroxyl groups is 1. The Hall–Kier alpha value is -1.22. The molecule has 1 unspecified atom stereocenters. The maximum atomic E-state index is 9.42. The smallest absolute Gasteiger partial charge is 0.124 e. The van der Waals surface area contributed by atoms with E-state index in [1.807, 2.05) is 0 Å². The van der Waals surface area contributed by atoms with Gasteiger partial charge in [-0.2, -0.15) is 0 Å². The van der Waals surface area contributed by atoms with Crippen molar-refractivity contribution in [2.24, 2.45) is 0 Å². The van der Waals surface area contributed by atoms with Crippen LogP contribution in [0.4, 0.5) is 0 Å². The lowest BCUT2D eigenvalue weighted by Gasteiger charge is -2.11. The second kappa shape index (κ2) is 4.14. The summed E-state index contributed by atoms with van der Waals surface area (Å²) in [5, 5.41) is 9.42. The van der Waals surface area contributed by atoms with Gasteiger partial charge < -0.3 is 14.6 Å². The molecule has 1 rings (SSSR count). The van der Waals surface area contributed by atoms with Gasteiger partial charge >= 0.3 is 0 Å². The molecule has 0 saturated heterocycles. The molecular formula is C10H14O3. The van der Waals surface area contributed by atoms with Crippen LogP contribution >= 0.6 is 0 Å². The fourth-order valence-corrected chi connectivity index (χ4v) is 1.17. The first-order valence-corrected chi connectivity index (χ1v) is 4.09. The van der Waals surface area contributed by atoms with Crippen LogP contribution in [-0.2, 0) is 0 Å². The first kappa shape index (κ1) is 9.86. The minimum absolute atomic E-state index is 0.551. The Kier molecular flexibility index (Phi) is 3.14. The quantitative estimate of drug-likeness (QED) is 0.774. The molecule has 1 aromatic carbocycles. The Balaban J connectivity index is 3.10. The van der Waals surface area contributed by atoms with Crippen LogP contribution in [0.3, 0.4) is 0 Å². The van der Waals surface area contributed by atoms with Gasteiger partial charge in [0.1, 0.15) is 11.5 Å². The lowest BCUT2D eigenvalue weighted by molar-refractivity contribution is 0.193. The number of hydrogen-bond acceptors (Lipinski definition) is 3. The first-order valence-electron chi connectivity index (χ1n) is 4.09. The number of rotatable bonds is 3. The molecule has 0 aliphatic carbocycles. The van der Waals surface area contributed by atoms with Crippen LogP contribution in [0.1, 0.15) is 18.6 Å². The molecule has 1 aromatic rings. The van der Waals surface area contributed by atoms with Crippen LogP contribution in [0.5, 0.6) is 11.5 Å². The lowest BCUT2D eigenvalue weighted by Crippen LogP contribution is -1.97. The van der Waals surface area contributed by atoms with E-state index in [9.17, 15) is 5.11 Å². The first-order chi connectivity index (χ1) is 6.19. The molecule has 1 N–H and O–H groups in total. The zero-order valence-electron chi connectivity index (χ0n) is 8.07. The van der Waals surface area contributed by atoms with Gasteiger partial charge in [-0.3, -0.25) is 0 Å². The monoisotopic (exact) mass is 182 g/mol. The summed E-state index contributed by atoms with van der Waals surface area (Å²) in [4.78, 5) is 0. The van der Waals surface area contributed by atoms with Crippen molar-refractivity contribution in [2.75, 3.05) is 14.2 Å². The van der Waals surface area contributed by atoms with Gasteiger partial charge in [0, 0.05) is 5.56 Å². The molecule has 0 aliphatic rings. The molecule has 0 aliphatic heterocycles. The molecule has 3 heteroatoms. The number of aliphatic hydroxyl groups excluding tert-OH is 1. The Labute approximate surface area is 77.9 Å². The third-order valence-electron chi connectivity index (χ3n) is 1.89. The maximum absolute atomic E-state index is 9.42. The predicted molar refractivity (Wildman–Crippen MR) is 50.2 cm³/mol. The highest BCUT2D eigenvalue weighted by atomic mass is 16.5. The van der Waals surface area contributed by atoms with E-state index in [-0.39, 0.29) is 0 Å². The van der Waals surface area contributed by atoms with Gasteiger partial charge in [0.05, 0.1) is 20.3 Å². The van der Waals surface area contributed by atoms with Crippen molar-refractivity contribution in [3.8, 4) is 11.5 Å². The van der Waals surface area contributed by atoms with Crippen molar-refractivity contribution in [3.05, 3.63) is 23.8 Å². The van der Waals surface area contributed by atoms with Gasteiger partial charge in [-0.1, -0.05) is 0 Å². The van der Waals surface area contributed by atoms with Crippen LogP contribution in [0.2, 0.25) is 0 Å². The largest absolute Gasteiger partial charge is 0.497 e. The number of ether oxygens (including phenoxy) is 2. The van der Waals surface area contributed by atoms with E-state index in [0.717, 1.165) is 11.3 Å². The average Bonchev–Trinajstić information content (AvgIpc) is 2.16. The number of hydrogen-bond donors (Lipinski definition) is 1. The van der Waals surface area contributed by atoms with Crippen LogP contribution in [0.25, 0.3) is 0 Å². The van der Waals surface area contributed by atoms with Gasteiger partial charge in [-0.15, -0.1) is 0 Å². The van der Waals surface area contributed by atoms with Crippen molar-refractivity contribution in [3.63, 3.8) is 0 Å². The number of methoxy groups -OCH3 is 2. The van der Waals surface area contributed by atoms with Crippen LogP contribution < -0.4 is 9.47 Å². The molecule has 0 heterocycles. The molecule has 13 heavy (non-hydrogen) atoms. The average molecular weight is 182 g/mol. The topological polar surface area (TPSA) is 38.7 Å². The van der Waals surface area contributed by atoms with Gasteiger partial charge in [0.25, 0.3) is 0 Å². The van der Waals surface area contributed by atoms with Gasteiger partial charge in [0.15, 0.2) is 0 Å². The molecule has 0 aromatic heterocycles. The zero-order valence-corrected chi connectivity index (χ0v) is 8.07. The van der Waals surface area contributed by atoms with Crippen molar-refractivity contribution in [1.29, 1.82) is 0 Å². The summed E-state index contributed by atoms with van der Waals surface area (Å²) in [6.45, 7) is 1.69. The highest BCUT2D eigenvalue weighted by Gasteiger charge is 2.09. The Bertz CT molecular complexity index is 281. The summed E-state index contributed by atoms with van der Waals surface area (Å²) in [6, 6.07) is 5.34.